The Bertz CT molecular complexity index is 584. The highest BCUT2D eigenvalue weighted by Crippen LogP contribution is 2.27. The third-order valence-corrected chi connectivity index (χ3v) is 3.25. The van der Waals surface area contributed by atoms with E-state index in [1.165, 1.54) is 5.56 Å². The van der Waals surface area contributed by atoms with E-state index in [-0.39, 0.29) is 0 Å². The second kappa shape index (κ2) is 6.39. The molecule has 0 fully saturated rings. The van der Waals surface area contributed by atoms with Gasteiger partial charge in [0.1, 0.15) is 11.6 Å². The Morgan fingerprint density at radius 1 is 1.30 bits per heavy atom. The summed E-state index contributed by atoms with van der Waals surface area (Å²) in [5.41, 5.74) is 3.40. The maximum Gasteiger partial charge on any atom is 0.135 e. The van der Waals surface area contributed by atoms with Gasteiger partial charge >= 0.3 is 0 Å². The van der Waals surface area contributed by atoms with Gasteiger partial charge in [0, 0.05) is 31.5 Å². The number of methoxy groups -OCH3 is 1. The quantitative estimate of drug-likeness (QED) is 0.907. The van der Waals surface area contributed by atoms with E-state index in [1.807, 2.05) is 44.6 Å². The second-order valence-electron chi connectivity index (χ2n) is 4.77. The molecule has 1 N–H and O–H groups in total. The van der Waals surface area contributed by atoms with Gasteiger partial charge < -0.3 is 15.0 Å². The number of rotatable bonds is 5. The lowest BCUT2D eigenvalue weighted by molar-refractivity contribution is 0.415. The SMILES string of the molecule is CNCc1cnc(N(C)c2cccc(OC)c2)c(C)c1. The van der Waals surface area contributed by atoms with Crippen molar-refractivity contribution >= 4 is 11.5 Å². The Labute approximate surface area is 120 Å². The van der Waals surface area contributed by atoms with E-state index in [2.05, 4.69) is 28.2 Å². The first kappa shape index (κ1) is 14.3. The molecule has 0 radical (unpaired) electrons. The van der Waals surface area contributed by atoms with Crippen LogP contribution >= 0.6 is 0 Å². The number of anilines is 2. The summed E-state index contributed by atoms with van der Waals surface area (Å²) in [6, 6.07) is 10.1. The number of nitrogens with one attached hydrogen (secondary N) is 1. The van der Waals surface area contributed by atoms with Crippen molar-refractivity contribution in [2.75, 3.05) is 26.1 Å². The van der Waals surface area contributed by atoms with E-state index in [4.69, 9.17) is 4.74 Å². The van der Waals surface area contributed by atoms with Crippen LogP contribution in [-0.2, 0) is 6.54 Å². The zero-order chi connectivity index (χ0) is 14.5. The molecule has 0 aliphatic carbocycles. The van der Waals surface area contributed by atoms with Gasteiger partial charge in [-0.1, -0.05) is 6.07 Å². The molecule has 0 saturated carbocycles. The molecule has 0 aliphatic rings. The smallest absolute Gasteiger partial charge is 0.135 e. The molecule has 1 aromatic carbocycles. The van der Waals surface area contributed by atoms with Crippen LogP contribution in [0, 0.1) is 6.92 Å². The third kappa shape index (κ3) is 3.08. The molecule has 20 heavy (non-hydrogen) atoms. The summed E-state index contributed by atoms with van der Waals surface area (Å²) >= 11 is 0. The van der Waals surface area contributed by atoms with Gasteiger partial charge in [-0.15, -0.1) is 0 Å². The molecule has 1 aromatic heterocycles. The minimum atomic E-state index is 0.830. The number of hydrogen-bond acceptors (Lipinski definition) is 4. The number of aromatic nitrogens is 1. The predicted molar refractivity (Wildman–Crippen MR) is 82.8 cm³/mol. The lowest BCUT2D eigenvalue weighted by Crippen LogP contribution is -2.14. The van der Waals surface area contributed by atoms with Crippen molar-refractivity contribution in [2.24, 2.45) is 0 Å². The van der Waals surface area contributed by atoms with E-state index < -0.39 is 0 Å². The molecular weight excluding hydrogens is 250 g/mol. The van der Waals surface area contributed by atoms with Crippen molar-refractivity contribution in [1.29, 1.82) is 0 Å². The summed E-state index contributed by atoms with van der Waals surface area (Å²) in [7, 11) is 5.63. The molecule has 2 rings (SSSR count). The van der Waals surface area contributed by atoms with Gasteiger partial charge in [0.2, 0.25) is 0 Å². The van der Waals surface area contributed by atoms with Crippen LogP contribution in [0.3, 0.4) is 0 Å². The fourth-order valence-corrected chi connectivity index (χ4v) is 2.22. The molecule has 2 aromatic rings. The van der Waals surface area contributed by atoms with Gasteiger partial charge in [0.15, 0.2) is 0 Å². The number of pyridine rings is 1. The molecule has 0 amide bonds. The molecule has 0 unspecified atom stereocenters. The first-order valence-corrected chi connectivity index (χ1v) is 6.63. The molecule has 4 nitrogen and oxygen atoms in total. The van der Waals surface area contributed by atoms with Gasteiger partial charge in [-0.2, -0.15) is 0 Å². The number of ether oxygens (including phenoxy) is 1. The fraction of sp³-hybridized carbons (Fsp3) is 0.312. The largest absolute Gasteiger partial charge is 0.497 e. The predicted octanol–water partition coefficient (Wildman–Crippen LogP) is 2.89. The Balaban J connectivity index is 2.30. The van der Waals surface area contributed by atoms with Crippen LogP contribution in [0.25, 0.3) is 0 Å². The monoisotopic (exact) mass is 271 g/mol. The molecule has 0 bridgehead atoms. The van der Waals surface area contributed by atoms with Crippen LogP contribution in [0.1, 0.15) is 11.1 Å². The Morgan fingerprint density at radius 3 is 2.75 bits per heavy atom. The highest BCUT2D eigenvalue weighted by molar-refractivity contribution is 5.63. The van der Waals surface area contributed by atoms with Gasteiger partial charge in [-0.25, -0.2) is 4.98 Å². The van der Waals surface area contributed by atoms with Crippen molar-refractivity contribution in [3.05, 3.63) is 47.7 Å². The zero-order valence-corrected chi connectivity index (χ0v) is 12.5. The van der Waals surface area contributed by atoms with Crippen LogP contribution in [-0.4, -0.2) is 26.2 Å². The van der Waals surface area contributed by atoms with Crippen molar-refractivity contribution in [2.45, 2.75) is 13.5 Å². The van der Waals surface area contributed by atoms with Gasteiger partial charge in [0.05, 0.1) is 7.11 Å². The molecular formula is C16H21N3O. The first-order chi connectivity index (χ1) is 9.65. The summed E-state index contributed by atoms with van der Waals surface area (Å²) in [6.07, 6.45) is 1.91. The number of aryl methyl sites for hydroxylation is 1. The molecule has 4 heteroatoms. The molecule has 106 valence electrons. The fourth-order valence-electron chi connectivity index (χ4n) is 2.22. The molecule has 0 aliphatic heterocycles. The van der Waals surface area contributed by atoms with Gasteiger partial charge in [0.25, 0.3) is 0 Å². The number of nitrogens with zero attached hydrogens (tertiary/aromatic N) is 2. The van der Waals surface area contributed by atoms with Crippen LogP contribution in [0.5, 0.6) is 5.75 Å². The molecule has 1 heterocycles. The van der Waals surface area contributed by atoms with Crippen molar-refractivity contribution in [3.63, 3.8) is 0 Å². The summed E-state index contributed by atoms with van der Waals surface area (Å²) in [6.45, 7) is 2.91. The lowest BCUT2D eigenvalue weighted by Gasteiger charge is -2.21. The standard InChI is InChI=1S/C16H21N3O/c1-12-8-13(10-17-2)11-18-16(12)19(3)14-6-5-7-15(9-14)20-4/h5-9,11,17H,10H2,1-4H3. The topological polar surface area (TPSA) is 37.4 Å². The number of benzene rings is 1. The van der Waals surface area contributed by atoms with Gasteiger partial charge in [-0.3, -0.25) is 0 Å². The maximum atomic E-state index is 5.27. The minimum absolute atomic E-state index is 0.830. The number of hydrogen-bond donors (Lipinski definition) is 1. The van der Waals surface area contributed by atoms with Crippen molar-refractivity contribution in [3.8, 4) is 5.75 Å². The lowest BCUT2D eigenvalue weighted by atomic mass is 10.2. The van der Waals surface area contributed by atoms with E-state index in [9.17, 15) is 0 Å². The van der Waals surface area contributed by atoms with E-state index in [0.29, 0.717) is 0 Å². The second-order valence-corrected chi connectivity index (χ2v) is 4.77. The average Bonchev–Trinajstić information content (AvgIpc) is 2.47. The zero-order valence-electron chi connectivity index (χ0n) is 12.5. The van der Waals surface area contributed by atoms with E-state index in [1.54, 1.807) is 7.11 Å². The van der Waals surface area contributed by atoms with Gasteiger partial charge in [-0.05, 0) is 43.3 Å². The summed E-state index contributed by atoms with van der Waals surface area (Å²) in [4.78, 5) is 6.64. The van der Waals surface area contributed by atoms with Crippen LogP contribution in [0.2, 0.25) is 0 Å². The molecule has 0 spiro atoms. The van der Waals surface area contributed by atoms with Crippen molar-refractivity contribution in [1.82, 2.24) is 10.3 Å². The molecule has 0 atom stereocenters. The summed E-state index contributed by atoms with van der Waals surface area (Å²) in [5, 5.41) is 3.14. The summed E-state index contributed by atoms with van der Waals surface area (Å²) in [5.74, 6) is 1.80. The Morgan fingerprint density at radius 2 is 2.10 bits per heavy atom. The average molecular weight is 271 g/mol. The highest BCUT2D eigenvalue weighted by Gasteiger charge is 2.10. The van der Waals surface area contributed by atoms with Crippen LogP contribution in [0.4, 0.5) is 11.5 Å². The van der Waals surface area contributed by atoms with Crippen LogP contribution in [0.15, 0.2) is 36.5 Å². The van der Waals surface area contributed by atoms with Crippen LogP contribution < -0.4 is 15.0 Å². The third-order valence-electron chi connectivity index (χ3n) is 3.25. The van der Waals surface area contributed by atoms with Crippen molar-refractivity contribution < 1.29 is 4.74 Å². The minimum Gasteiger partial charge on any atom is -0.497 e. The molecule has 0 saturated heterocycles. The first-order valence-electron chi connectivity index (χ1n) is 6.63. The van der Waals surface area contributed by atoms with E-state index in [0.717, 1.165) is 29.4 Å². The Hall–Kier alpha value is -2.07. The van der Waals surface area contributed by atoms with E-state index >= 15 is 0 Å². The Kier molecular flexibility index (Phi) is 4.58. The normalized spacial score (nSPS) is 10.4. The summed E-state index contributed by atoms with van der Waals surface area (Å²) < 4.78 is 5.27. The maximum absolute atomic E-state index is 5.27. The highest BCUT2D eigenvalue weighted by atomic mass is 16.5.